The lowest BCUT2D eigenvalue weighted by Gasteiger charge is -2.23. The average Bonchev–Trinajstić information content (AvgIpc) is 2.46. The van der Waals surface area contributed by atoms with Gasteiger partial charge in [0.25, 0.3) is 0 Å². The number of primary amides is 1. The van der Waals surface area contributed by atoms with E-state index in [0.29, 0.717) is 13.0 Å². The first-order chi connectivity index (χ1) is 6.06. The zero-order valence-electron chi connectivity index (χ0n) is 8.12. The van der Waals surface area contributed by atoms with Crippen molar-refractivity contribution in [1.82, 2.24) is 4.90 Å². The molecule has 74 valence electrons. The molecule has 0 radical (unpaired) electrons. The monoisotopic (exact) mass is 184 g/mol. The molecule has 2 N–H and O–H groups in total. The van der Waals surface area contributed by atoms with Crippen LogP contribution >= 0.6 is 0 Å². The van der Waals surface area contributed by atoms with E-state index in [4.69, 9.17) is 5.73 Å². The van der Waals surface area contributed by atoms with Gasteiger partial charge in [-0.25, -0.2) is 0 Å². The Morgan fingerprint density at radius 2 is 2.38 bits per heavy atom. The summed E-state index contributed by atoms with van der Waals surface area (Å²) in [5.74, 6) is -0.584. The molecule has 1 aliphatic heterocycles. The van der Waals surface area contributed by atoms with E-state index in [0.717, 1.165) is 6.42 Å². The van der Waals surface area contributed by atoms with E-state index < -0.39 is 0 Å². The van der Waals surface area contributed by atoms with Crippen LogP contribution < -0.4 is 5.73 Å². The molecule has 4 heteroatoms. The number of likely N-dealkylation sites (tertiary alicyclic amines) is 1. The molecule has 0 aromatic carbocycles. The third-order valence-corrected chi connectivity index (χ3v) is 2.68. The van der Waals surface area contributed by atoms with Gasteiger partial charge in [-0.05, 0) is 13.3 Å². The summed E-state index contributed by atoms with van der Waals surface area (Å²) in [5, 5.41) is 0. The van der Waals surface area contributed by atoms with Gasteiger partial charge in [0.2, 0.25) is 11.8 Å². The van der Waals surface area contributed by atoms with E-state index in [1.807, 2.05) is 13.8 Å². The highest BCUT2D eigenvalue weighted by Crippen LogP contribution is 2.20. The first kappa shape index (κ1) is 10.0. The summed E-state index contributed by atoms with van der Waals surface area (Å²) >= 11 is 0. The van der Waals surface area contributed by atoms with Crippen LogP contribution in [0.5, 0.6) is 0 Å². The molecule has 2 amide bonds. The van der Waals surface area contributed by atoms with Crippen molar-refractivity contribution in [2.75, 3.05) is 6.54 Å². The summed E-state index contributed by atoms with van der Waals surface area (Å²) in [7, 11) is 0. The van der Waals surface area contributed by atoms with Crippen LogP contribution in [0.2, 0.25) is 0 Å². The molecule has 1 rings (SSSR count). The number of rotatable bonds is 3. The van der Waals surface area contributed by atoms with Crippen LogP contribution in [0.1, 0.15) is 26.7 Å². The highest BCUT2D eigenvalue weighted by molar-refractivity contribution is 5.88. The summed E-state index contributed by atoms with van der Waals surface area (Å²) in [6.45, 7) is 4.51. The molecule has 13 heavy (non-hydrogen) atoms. The molecule has 0 saturated carbocycles. The molecule has 0 aromatic rings. The van der Waals surface area contributed by atoms with Crippen molar-refractivity contribution in [3.05, 3.63) is 0 Å². The molecule has 1 heterocycles. The first-order valence-corrected chi connectivity index (χ1v) is 4.65. The van der Waals surface area contributed by atoms with E-state index in [-0.39, 0.29) is 23.8 Å². The Kier molecular flexibility index (Phi) is 2.90. The minimum atomic E-state index is -0.362. The molecule has 1 aliphatic rings. The van der Waals surface area contributed by atoms with Gasteiger partial charge in [-0.15, -0.1) is 0 Å². The number of carbonyl (C=O) groups excluding carboxylic acids is 2. The Morgan fingerprint density at radius 1 is 1.77 bits per heavy atom. The standard InChI is InChI=1S/C9H16N2O2/c1-3-6(2)11-5-7(9(10)13)4-8(11)12/h6-7H,3-5H2,1-2H3,(H2,10,13)/t6-,7+/m1/s1. The molecule has 4 nitrogen and oxygen atoms in total. The number of carbonyl (C=O) groups is 2. The fourth-order valence-corrected chi connectivity index (χ4v) is 1.57. The number of hydrogen-bond acceptors (Lipinski definition) is 2. The third kappa shape index (κ3) is 1.99. The maximum absolute atomic E-state index is 11.4. The van der Waals surface area contributed by atoms with Crippen molar-refractivity contribution in [3.8, 4) is 0 Å². The van der Waals surface area contributed by atoms with Crippen LogP contribution in [0.4, 0.5) is 0 Å². The Hall–Kier alpha value is -1.06. The molecule has 1 fully saturated rings. The van der Waals surface area contributed by atoms with Crippen molar-refractivity contribution in [3.63, 3.8) is 0 Å². The SMILES string of the molecule is CC[C@@H](C)N1C[C@@H](C(N)=O)CC1=O. The van der Waals surface area contributed by atoms with Crippen LogP contribution in [-0.2, 0) is 9.59 Å². The Labute approximate surface area is 78.1 Å². The van der Waals surface area contributed by atoms with Gasteiger partial charge in [0.1, 0.15) is 0 Å². The molecule has 0 spiro atoms. The molecule has 0 aliphatic carbocycles. The van der Waals surface area contributed by atoms with Gasteiger partial charge in [0, 0.05) is 19.0 Å². The van der Waals surface area contributed by atoms with Gasteiger partial charge < -0.3 is 10.6 Å². The lowest BCUT2D eigenvalue weighted by molar-refractivity contribution is -0.129. The van der Waals surface area contributed by atoms with Crippen molar-refractivity contribution in [1.29, 1.82) is 0 Å². The summed E-state index contributed by atoms with van der Waals surface area (Å²) in [6, 6.07) is 0.219. The molecule has 0 bridgehead atoms. The minimum absolute atomic E-state index is 0.0538. The van der Waals surface area contributed by atoms with Crippen LogP contribution in [0.3, 0.4) is 0 Å². The van der Waals surface area contributed by atoms with Crippen LogP contribution in [0, 0.1) is 5.92 Å². The smallest absolute Gasteiger partial charge is 0.223 e. The lowest BCUT2D eigenvalue weighted by atomic mass is 10.1. The van der Waals surface area contributed by atoms with E-state index in [1.165, 1.54) is 0 Å². The summed E-state index contributed by atoms with van der Waals surface area (Å²) < 4.78 is 0. The molecular weight excluding hydrogens is 168 g/mol. The van der Waals surface area contributed by atoms with E-state index in [1.54, 1.807) is 4.90 Å². The van der Waals surface area contributed by atoms with E-state index in [9.17, 15) is 9.59 Å². The van der Waals surface area contributed by atoms with Crippen LogP contribution in [0.25, 0.3) is 0 Å². The Bertz CT molecular complexity index is 228. The van der Waals surface area contributed by atoms with Gasteiger partial charge in [0.15, 0.2) is 0 Å². The highest BCUT2D eigenvalue weighted by atomic mass is 16.2. The third-order valence-electron chi connectivity index (χ3n) is 2.68. The van der Waals surface area contributed by atoms with Crippen LogP contribution in [-0.4, -0.2) is 29.3 Å². The second-order valence-corrected chi connectivity index (χ2v) is 3.61. The Morgan fingerprint density at radius 3 is 2.77 bits per heavy atom. The van der Waals surface area contributed by atoms with Gasteiger partial charge in [0.05, 0.1) is 5.92 Å². The maximum atomic E-state index is 11.4. The summed E-state index contributed by atoms with van der Waals surface area (Å²) in [6.07, 6.45) is 1.21. The highest BCUT2D eigenvalue weighted by Gasteiger charge is 2.34. The molecule has 1 saturated heterocycles. The molecule has 0 unspecified atom stereocenters. The summed E-state index contributed by atoms with van der Waals surface area (Å²) in [4.78, 5) is 24.0. The summed E-state index contributed by atoms with van der Waals surface area (Å²) in [5.41, 5.74) is 5.15. The normalized spacial score (nSPS) is 24.9. The predicted octanol–water partition coefficient (Wildman–Crippen LogP) is 0.119. The zero-order valence-corrected chi connectivity index (χ0v) is 8.12. The number of hydrogen-bond donors (Lipinski definition) is 1. The number of nitrogens with zero attached hydrogens (tertiary/aromatic N) is 1. The minimum Gasteiger partial charge on any atom is -0.369 e. The van der Waals surface area contributed by atoms with Crippen molar-refractivity contribution >= 4 is 11.8 Å². The zero-order chi connectivity index (χ0) is 10.0. The molecule has 2 atom stereocenters. The fourth-order valence-electron chi connectivity index (χ4n) is 1.57. The van der Waals surface area contributed by atoms with E-state index in [2.05, 4.69) is 0 Å². The van der Waals surface area contributed by atoms with Crippen LogP contribution in [0.15, 0.2) is 0 Å². The second-order valence-electron chi connectivity index (χ2n) is 3.61. The van der Waals surface area contributed by atoms with Crippen molar-refractivity contribution < 1.29 is 9.59 Å². The molecular formula is C9H16N2O2. The Balaban J connectivity index is 2.61. The van der Waals surface area contributed by atoms with E-state index >= 15 is 0 Å². The van der Waals surface area contributed by atoms with Gasteiger partial charge in [-0.2, -0.15) is 0 Å². The predicted molar refractivity (Wildman–Crippen MR) is 48.8 cm³/mol. The van der Waals surface area contributed by atoms with Gasteiger partial charge in [-0.3, -0.25) is 9.59 Å². The molecule has 0 aromatic heterocycles. The van der Waals surface area contributed by atoms with Gasteiger partial charge >= 0.3 is 0 Å². The van der Waals surface area contributed by atoms with Crippen molar-refractivity contribution in [2.45, 2.75) is 32.7 Å². The first-order valence-electron chi connectivity index (χ1n) is 4.65. The largest absolute Gasteiger partial charge is 0.369 e. The average molecular weight is 184 g/mol. The quantitative estimate of drug-likeness (QED) is 0.677. The fraction of sp³-hybridized carbons (Fsp3) is 0.778. The second kappa shape index (κ2) is 3.77. The number of nitrogens with two attached hydrogens (primary N) is 1. The maximum Gasteiger partial charge on any atom is 0.223 e. The topological polar surface area (TPSA) is 63.4 Å². The lowest BCUT2D eigenvalue weighted by Crippen LogP contribution is -2.35. The number of amides is 2. The van der Waals surface area contributed by atoms with Crippen molar-refractivity contribution in [2.24, 2.45) is 11.7 Å². The van der Waals surface area contributed by atoms with Gasteiger partial charge in [-0.1, -0.05) is 6.92 Å².